The molecule has 0 heterocycles. The number of nitrogens with one attached hydrogen (secondary N) is 1. The predicted molar refractivity (Wildman–Crippen MR) is 86.4 cm³/mol. The zero-order valence-electron chi connectivity index (χ0n) is 12.2. The van der Waals surface area contributed by atoms with Crippen molar-refractivity contribution in [2.24, 2.45) is 5.73 Å². The first-order chi connectivity index (χ1) is 9.97. The third-order valence-electron chi connectivity index (χ3n) is 3.60. The number of hydrogen-bond acceptors (Lipinski definition) is 2. The van der Waals surface area contributed by atoms with Crippen molar-refractivity contribution < 1.29 is 4.79 Å². The smallest absolute Gasteiger partial charge is 0.248 e. The number of aryl methyl sites for hydroxylation is 1. The van der Waals surface area contributed by atoms with Gasteiger partial charge in [0.25, 0.3) is 0 Å². The summed E-state index contributed by atoms with van der Waals surface area (Å²) in [5.41, 5.74) is 9.22. The minimum atomic E-state index is -0.396. The van der Waals surface area contributed by atoms with Crippen molar-refractivity contribution in [3.63, 3.8) is 0 Å². The number of hydrogen-bond donors (Lipinski definition) is 2. The monoisotopic (exact) mass is 302 g/mol. The highest BCUT2D eigenvalue weighted by atomic mass is 35.5. The van der Waals surface area contributed by atoms with E-state index >= 15 is 0 Å². The quantitative estimate of drug-likeness (QED) is 0.886. The Morgan fingerprint density at radius 3 is 2.48 bits per heavy atom. The summed E-state index contributed by atoms with van der Waals surface area (Å²) in [6, 6.07) is 13.6. The Morgan fingerprint density at radius 2 is 1.90 bits per heavy atom. The van der Waals surface area contributed by atoms with Crippen molar-refractivity contribution in [3.05, 3.63) is 69.7 Å². The average molecular weight is 303 g/mol. The molecule has 4 heteroatoms. The van der Waals surface area contributed by atoms with Gasteiger partial charge in [0.1, 0.15) is 0 Å². The zero-order chi connectivity index (χ0) is 15.4. The van der Waals surface area contributed by atoms with Crippen molar-refractivity contribution in [2.45, 2.75) is 26.4 Å². The molecule has 3 N–H and O–H groups in total. The summed E-state index contributed by atoms with van der Waals surface area (Å²) in [6.07, 6.45) is 0. The average Bonchev–Trinajstić information content (AvgIpc) is 2.46. The van der Waals surface area contributed by atoms with E-state index in [0.717, 1.165) is 22.7 Å². The van der Waals surface area contributed by atoms with Crippen LogP contribution in [0, 0.1) is 6.92 Å². The minimum absolute atomic E-state index is 0.220. The maximum Gasteiger partial charge on any atom is 0.248 e. The zero-order valence-corrected chi connectivity index (χ0v) is 12.9. The van der Waals surface area contributed by atoms with Gasteiger partial charge in [0.2, 0.25) is 5.91 Å². The molecule has 2 aromatic rings. The number of amides is 1. The fourth-order valence-corrected chi connectivity index (χ4v) is 2.31. The van der Waals surface area contributed by atoms with Crippen LogP contribution in [0.1, 0.15) is 40.0 Å². The van der Waals surface area contributed by atoms with Gasteiger partial charge in [0.15, 0.2) is 0 Å². The summed E-state index contributed by atoms with van der Waals surface area (Å²) in [6.45, 7) is 4.82. The number of rotatable bonds is 5. The molecule has 0 aromatic heterocycles. The van der Waals surface area contributed by atoms with E-state index < -0.39 is 5.91 Å². The maximum absolute atomic E-state index is 11.1. The number of benzene rings is 2. The minimum Gasteiger partial charge on any atom is -0.366 e. The number of halogens is 1. The fourth-order valence-electron chi connectivity index (χ4n) is 2.18. The van der Waals surface area contributed by atoms with Crippen LogP contribution in [0.2, 0.25) is 5.02 Å². The highest BCUT2D eigenvalue weighted by molar-refractivity contribution is 6.30. The Balaban J connectivity index is 2.02. The molecule has 1 atom stereocenters. The van der Waals surface area contributed by atoms with Gasteiger partial charge in [0, 0.05) is 23.2 Å². The van der Waals surface area contributed by atoms with Crippen molar-refractivity contribution in [1.29, 1.82) is 0 Å². The molecule has 21 heavy (non-hydrogen) atoms. The number of carbonyl (C=O) groups is 1. The third-order valence-corrected chi connectivity index (χ3v) is 3.85. The normalized spacial score (nSPS) is 12.1. The van der Waals surface area contributed by atoms with E-state index in [1.807, 2.05) is 43.3 Å². The van der Waals surface area contributed by atoms with Crippen molar-refractivity contribution in [3.8, 4) is 0 Å². The lowest BCUT2D eigenvalue weighted by Crippen LogP contribution is -2.19. The van der Waals surface area contributed by atoms with Gasteiger partial charge in [-0.1, -0.05) is 29.8 Å². The second kappa shape index (κ2) is 6.74. The third kappa shape index (κ3) is 4.06. The molecule has 0 radical (unpaired) electrons. The molecule has 0 aliphatic rings. The predicted octanol–water partition coefficient (Wildman–Crippen LogP) is 3.60. The van der Waals surface area contributed by atoms with Gasteiger partial charge >= 0.3 is 0 Å². The van der Waals surface area contributed by atoms with Gasteiger partial charge in [0.05, 0.1) is 0 Å². The summed E-state index contributed by atoms with van der Waals surface area (Å²) >= 11 is 5.89. The molecule has 0 bridgehead atoms. The first-order valence-corrected chi connectivity index (χ1v) is 7.23. The largest absolute Gasteiger partial charge is 0.366 e. The van der Waals surface area contributed by atoms with Gasteiger partial charge in [-0.2, -0.15) is 0 Å². The van der Waals surface area contributed by atoms with E-state index in [4.69, 9.17) is 17.3 Å². The fraction of sp³-hybridized carbons (Fsp3) is 0.235. The van der Waals surface area contributed by atoms with Gasteiger partial charge in [-0.15, -0.1) is 0 Å². The van der Waals surface area contributed by atoms with E-state index in [1.165, 1.54) is 5.56 Å². The summed E-state index contributed by atoms with van der Waals surface area (Å²) in [7, 11) is 0. The lowest BCUT2D eigenvalue weighted by atomic mass is 10.0. The molecular formula is C17H19ClN2O. The van der Waals surface area contributed by atoms with Crippen molar-refractivity contribution in [1.82, 2.24) is 5.32 Å². The first kappa shape index (κ1) is 15.5. The first-order valence-electron chi connectivity index (χ1n) is 6.85. The number of nitrogens with two attached hydrogens (primary N) is 1. The van der Waals surface area contributed by atoms with Crippen LogP contribution in [-0.4, -0.2) is 5.91 Å². The molecule has 0 aliphatic heterocycles. The Bertz CT molecular complexity index is 638. The van der Waals surface area contributed by atoms with E-state index in [0.29, 0.717) is 5.56 Å². The summed E-state index contributed by atoms with van der Waals surface area (Å²) < 4.78 is 0. The molecule has 0 spiro atoms. The summed E-state index contributed by atoms with van der Waals surface area (Å²) in [4.78, 5) is 11.1. The molecule has 3 nitrogen and oxygen atoms in total. The summed E-state index contributed by atoms with van der Waals surface area (Å²) in [5.74, 6) is -0.396. The molecule has 0 unspecified atom stereocenters. The van der Waals surface area contributed by atoms with Gasteiger partial charge in [-0.3, -0.25) is 4.79 Å². The van der Waals surface area contributed by atoms with Gasteiger partial charge < -0.3 is 11.1 Å². The topological polar surface area (TPSA) is 55.1 Å². The van der Waals surface area contributed by atoms with Crippen molar-refractivity contribution in [2.75, 3.05) is 0 Å². The number of primary amides is 1. The lowest BCUT2D eigenvalue weighted by molar-refractivity contribution is 0.1000. The molecule has 110 valence electrons. The molecule has 2 rings (SSSR count). The molecule has 2 aromatic carbocycles. The van der Waals surface area contributed by atoms with Crippen LogP contribution in [0.4, 0.5) is 0 Å². The van der Waals surface area contributed by atoms with E-state index in [1.54, 1.807) is 6.07 Å². The van der Waals surface area contributed by atoms with E-state index in [-0.39, 0.29) is 6.04 Å². The SMILES string of the molecule is Cc1cc(C(N)=O)ccc1CN[C@H](C)c1ccc(Cl)cc1. The highest BCUT2D eigenvalue weighted by Crippen LogP contribution is 2.17. The van der Waals surface area contributed by atoms with Crippen LogP contribution in [0.25, 0.3) is 0 Å². The Morgan fingerprint density at radius 1 is 1.24 bits per heavy atom. The molecule has 0 fully saturated rings. The summed E-state index contributed by atoms with van der Waals surface area (Å²) in [5, 5.41) is 4.20. The molecule has 1 amide bonds. The van der Waals surface area contributed by atoms with Crippen LogP contribution < -0.4 is 11.1 Å². The molecule has 0 aliphatic carbocycles. The van der Waals surface area contributed by atoms with E-state index in [2.05, 4.69) is 12.2 Å². The molecular weight excluding hydrogens is 284 g/mol. The number of carbonyl (C=O) groups excluding carboxylic acids is 1. The van der Waals surface area contributed by atoms with E-state index in [9.17, 15) is 4.79 Å². The van der Waals surface area contributed by atoms with Gasteiger partial charge in [-0.05, 0) is 54.8 Å². The van der Waals surface area contributed by atoms with Crippen LogP contribution >= 0.6 is 11.6 Å². The van der Waals surface area contributed by atoms with Crippen LogP contribution in [-0.2, 0) is 6.54 Å². The molecule has 0 saturated carbocycles. The van der Waals surface area contributed by atoms with Crippen LogP contribution in [0.5, 0.6) is 0 Å². The van der Waals surface area contributed by atoms with Crippen LogP contribution in [0.3, 0.4) is 0 Å². The highest BCUT2D eigenvalue weighted by Gasteiger charge is 2.07. The second-order valence-corrected chi connectivity index (χ2v) is 5.60. The Hall–Kier alpha value is -1.84. The van der Waals surface area contributed by atoms with Crippen LogP contribution in [0.15, 0.2) is 42.5 Å². The lowest BCUT2D eigenvalue weighted by Gasteiger charge is -2.16. The Kier molecular flexibility index (Phi) is 4.99. The van der Waals surface area contributed by atoms with Gasteiger partial charge in [-0.25, -0.2) is 0 Å². The van der Waals surface area contributed by atoms with Crippen molar-refractivity contribution >= 4 is 17.5 Å². The Labute approximate surface area is 130 Å². The maximum atomic E-state index is 11.1. The molecule has 0 saturated heterocycles. The second-order valence-electron chi connectivity index (χ2n) is 5.16. The standard InChI is InChI=1S/C17H19ClN2O/c1-11-9-14(17(19)21)3-4-15(11)10-20-12(2)13-5-7-16(18)8-6-13/h3-9,12,20H,10H2,1-2H3,(H2,19,21)/t12-/m1/s1.